The van der Waals surface area contributed by atoms with Gasteiger partial charge in [-0.3, -0.25) is 14.9 Å². The first-order valence-electron chi connectivity index (χ1n) is 4.27. The molecule has 0 atom stereocenters. The number of amides is 2. The second-order valence-electron chi connectivity index (χ2n) is 2.82. The summed E-state index contributed by atoms with van der Waals surface area (Å²) in [6, 6.07) is 0. The molecule has 110 valence electrons. The number of alkyl halides is 6. The van der Waals surface area contributed by atoms with Gasteiger partial charge >= 0.3 is 14.1 Å². The van der Waals surface area contributed by atoms with E-state index >= 15 is 0 Å². The molecule has 1 rings (SSSR count). The van der Waals surface area contributed by atoms with Crippen molar-refractivity contribution in [2.75, 3.05) is 0 Å². The normalized spacial score (nSPS) is 15.3. The van der Waals surface area contributed by atoms with Crippen molar-refractivity contribution in [3.8, 4) is 0 Å². The Morgan fingerprint density at radius 3 is 1.37 bits per heavy atom. The maximum atomic E-state index is 10.5. The molecule has 0 aromatic heterocycles. The smallest absolute Gasteiger partial charge is 0.382 e. The molecule has 0 spiro atoms. The number of hydrogen-bond acceptors (Lipinski definition) is 5. The molecule has 2 amide bonds. The zero-order chi connectivity index (χ0) is 15.3. The Kier molecular flexibility index (Phi) is 7.87. The molecule has 1 aliphatic heterocycles. The molecule has 0 radical (unpaired) electrons. The molecule has 0 bridgehead atoms. The fourth-order valence-corrected chi connectivity index (χ4v) is 1.10. The highest BCUT2D eigenvalue weighted by molar-refractivity contribution is 6.67. The largest absolute Gasteiger partial charge is 0.515 e. The van der Waals surface area contributed by atoms with Crippen LogP contribution in [0.4, 0.5) is 4.79 Å². The molecule has 1 N–H and O–H groups in total. The van der Waals surface area contributed by atoms with Crippen LogP contribution in [0.3, 0.4) is 0 Å². The maximum Gasteiger partial charge on any atom is 0.515 e. The summed E-state index contributed by atoms with van der Waals surface area (Å²) in [7, 11) is 0. The van der Waals surface area contributed by atoms with Crippen molar-refractivity contribution in [1.29, 1.82) is 0 Å². The fourth-order valence-electron chi connectivity index (χ4n) is 0.717. The average molecular weight is 396 g/mol. The van der Waals surface area contributed by atoms with Crippen LogP contribution in [0.25, 0.3) is 0 Å². The number of rotatable bonds is 0. The van der Waals surface area contributed by atoms with Crippen LogP contribution in [0, 0.1) is 0 Å². The first kappa shape index (κ1) is 19.1. The van der Waals surface area contributed by atoms with Crippen LogP contribution in [-0.4, -0.2) is 25.9 Å². The molecule has 19 heavy (non-hydrogen) atoms. The molecule has 0 aliphatic carbocycles. The number of carbonyl (C=O) groups is 3. The molecule has 0 unspecified atom stereocenters. The van der Waals surface area contributed by atoms with Gasteiger partial charge in [0.2, 0.25) is 11.8 Å². The Labute approximate surface area is 137 Å². The monoisotopic (exact) mass is 393 g/mol. The second-order valence-corrected chi connectivity index (χ2v) is 7.17. The van der Waals surface area contributed by atoms with E-state index < -0.39 is 14.1 Å². The number of hydrogen-bond donors (Lipinski definition) is 1. The van der Waals surface area contributed by atoms with Crippen molar-refractivity contribution >= 4 is 87.6 Å². The molecule has 1 fully saturated rings. The summed E-state index contributed by atoms with van der Waals surface area (Å²) in [4.78, 5) is 30.8. The number of ether oxygens (including phenoxy) is 2. The minimum absolute atomic E-state index is 0.148. The van der Waals surface area contributed by atoms with Gasteiger partial charge in [0.05, 0.1) is 0 Å². The molecule has 0 saturated carbocycles. The Hall–Kier alpha value is 0.150. The predicted octanol–water partition coefficient (Wildman–Crippen LogP) is 3.22. The van der Waals surface area contributed by atoms with Gasteiger partial charge in [-0.2, -0.15) is 0 Å². The minimum Gasteiger partial charge on any atom is -0.382 e. The van der Waals surface area contributed by atoms with Gasteiger partial charge in [0, 0.05) is 12.8 Å². The standard InChI is InChI=1S/C4H5NO2.C3Cl6O3/c6-3-1-2-4(7)5-3;4-2(5,6)11-1(10)12-3(7,8)9/h1-2H2,(H,5,6,7);. The van der Waals surface area contributed by atoms with Crippen LogP contribution in [0.5, 0.6) is 0 Å². The SMILES string of the molecule is O=C(OC(Cl)(Cl)Cl)OC(Cl)(Cl)Cl.O=C1CCC(=O)N1. The summed E-state index contributed by atoms with van der Waals surface area (Å²) in [5.41, 5.74) is 0. The van der Waals surface area contributed by atoms with Gasteiger partial charge in [0.25, 0.3) is 0 Å². The lowest BCUT2D eigenvalue weighted by Crippen LogP contribution is -2.22. The van der Waals surface area contributed by atoms with Crippen LogP contribution in [0.15, 0.2) is 0 Å². The van der Waals surface area contributed by atoms with E-state index in [9.17, 15) is 14.4 Å². The van der Waals surface area contributed by atoms with E-state index in [0.717, 1.165) is 0 Å². The van der Waals surface area contributed by atoms with Gasteiger partial charge in [-0.25, -0.2) is 4.79 Å². The molecule has 0 aromatic rings. The highest BCUT2D eigenvalue weighted by Crippen LogP contribution is 2.32. The Morgan fingerprint density at radius 1 is 0.895 bits per heavy atom. The summed E-state index contributed by atoms with van der Waals surface area (Å²) in [6.07, 6.45) is -0.660. The first-order chi connectivity index (χ1) is 8.39. The lowest BCUT2D eigenvalue weighted by Gasteiger charge is -2.15. The van der Waals surface area contributed by atoms with Gasteiger partial charge in [0.15, 0.2) is 0 Å². The molecular formula is C7H5Cl6NO5. The van der Waals surface area contributed by atoms with Crippen molar-refractivity contribution in [2.24, 2.45) is 0 Å². The number of nitrogens with one attached hydrogen (secondary N) is 1. The molecule has 1 saturated heterocycles. The van der Waals surface area contributed by atoms with Crippen molar-refractivity contribution in [1.82, 2.24) is 5.32 Å². The number of halogens is 6. The van der Waals surface area contributed by atoms with Crippen molar-refractivity contribution < 1.29 is 23.9 Å². The third-order valence-corrected chi connectivity index (χ3v) is 1.72. The molecule has 1 aliphatic rings. The lowest BCUT2D eigenvalue weighted by atomic mass is 10.4. The van der Waals surface area contributed by atoms with Crippen LogP contribution >= 0.6 is 69.6 Å². The van der Waals surface area contributed by atoms with E-state index in [1.54, 1.807) is 0 Å². The summed E-state index contributed by atoms with van der Waals surface area (Å²) in [5.74, 6) is -0.296. The highest BCUT2D eigenvalue weighted by Gasteiger charge is 2.32. The minimum atomic E-state index is -2.24. The van der Waals surface area contributed by atoms with Crippen LogP contribution in [0.1, 0.15) is 12.8 Å². The number of imide groups is 1. The van der Waals surface area contributed by atoms with Gasteiger partial charge in [-0.1, -0.05) is 0 Å². The maximum absolute atomic E-state index is 10.5. The van der Waals surface area contributed by atoms with Gasteiger partial charge in [0.1, 0.15) is 0 Å². The quantitative estimate of drug-likeness (QED) is 0.387. The third kappa shape index (κ3) is 12.9. The Bertz CT molecular complexity index is 330. The van der Waals surface area contributed by atoms with E-state index in [2.05, 4.69) is 14.8 Å². The zero-order valence-electron chi connectivity index (χ0n) is 8.72. The predicted molar refractivity (Wildman–Crippen MR) is 70.5 cm³/mol. The van der Waals surface area contributed by atoms with Crippen LogP contribution < -0.4 is 5.32 Å². The van der Waals surface area contributed by atoms with Gasteiger partial charge < -0.3 is 9.47 Å². The zero-order valence-corrected chi connectivity index (χ0v) is 13.3. The van der Waals surface area contributed by atoms with Gasteiger partial charge in [-0.15, -0.1) is 0 Å². The third-order valence-electron chi connectivity index (χ3n) is 1.26. The lowest BCUT2D eigenvalue weighted by molar-refractivity contribution is -0.124. The van der Waals surface area contributed by atoms with Crippen molar-refractivity contribution in [3.63, 3.8) is 0 Å². The summed E-state index contributed by atoms with van der Waals surface area (Å²) in [6.45, 7) is 0. The fraction of sp³-hybridized carbons (Fsp3) is 0.571. The van der Waals surface area contributed by atoms with E-state index in [4.69, 9.17) is 69.6 Å². The van der Waals surface area contributed by atoms with Gasteiger partial charge in [-0.05, 0) is 69.6 Å². The first-order valence-corrected chi connectivity index (χ1v) is 6.54. The van der Waals surface area contributed by atoms with E-state index in [0.29, 0.717) is 12.8 Å². The topological polar surface area (TPSA) is 81.7 Å². The van der Waals surface area contributed by atoms with Crippen molar-refractivity contribution in [3.05, 3.63) is 0 Å². The van der Waals surface area contributed by atoms with E-state index in [1.165, 1.54) is 0 Å². The van der Waals surface area contributed by atoms with Crippen LogP contribution in [-0.2, 0) is 19.1 Å². The van der Waals surface area contributed by atoms with Crippen LogP contribution in [0.2, 0.25) is 0 Å². The summed E-state index contributed by atoms with van der Waals surface area (Å²) >= 11 is 30.2. The Morgan fingerprint density at radius 2 is 1.21 bits per heavy atom. The molecule has 12 heteroatoms. The molecule has 1 heterocycles. The highest BCUT2D eigenvalue weighted by atomic mass is 35.6. The molecular weight excluding hydrogens is 391 g/mol. The van der Waals surface area contributed by atoms with E-state index in [-0.39, 0.29) is 11.8 Å². The average Bonchev–Trinajstić information content (AvgIpc) is 2.43. The summed E-state index contributed by atoms with van der Waals surface area (Å²) < 4.78 is 3.50. The molecule has 0 aromatic carbocycles. The Balaban J connectivity index is 0.000000388. The van der Waals surface area contributed by atoms with E-state index in [1.807, 2.05) is 0 Å². The summed E-state index contributed by atoms with van der Waals surface area (Å²) in [5, 5.41) is 2.14. The van der Waals surface area contributed by atoms with Crippen molar-refractivity contribution in [2.45, 2.75) is 20.8 Å². The molecule has 6 nitrogen and oxygen atoms in total. The second kappa shape index (κ2) is 7.81. The number of carbonyl (C=O) groups excluding carboxylic acids is 3.